The SMILES string of the molecule is Cc1ccccc1Cc1c(C)nc(N)[nH]c1=O. The van der Waals surface area contributed by atoms with Crippen LogP contribution in [0.2, 0.25) is 0 Å². The van der Waals surface area contributed by atoms with Crippen LogP contribution in [-0.4, -0.2) is 9.97 Å². The minimum Gasteiger partial charge on any atom is -0.369 e. The summed E-state index contributed by atoms with van der Waals surface area (Å²) in [5.74, 6) is 0.168. The first-order chi connectivity index (χ1) is 8.08. The average Bonchev–Trinajstić information content (AvgIpc) is 2.25. The van der Waals surface area contributed by atoms with E-state index in [0.29, 0.717) is 17.7 Å². The Kier molecular flexibility index (Phi) is 2.95. The molecule has 0 fully saturated rings. The van der Waals surface area contributed by atoms with E-state index in [-0.39, 0.29) is 11.5 Å². The fourth-order valence-electron chi connectivity index (χ4n) is 1.84. The molecule has 0 radical (unpaired) electrons. The van der Waals surface area contributed by atoms with Crippen molar-refractivity contribution in [2.24, 2.45) is 0 Å². The summed E-state index contributed by atoms with van der Waals surface area (Å²) in [7, 11) is 0. The standard InChI is InChI=1S/C13H15N3O/c1-8-5-3-4-6-10(8)7-11-9(2)15-13(14)16-12(11)17/h3-6H,7H2,1-2H3,(H3,14,15,16,17). The molecule has 0 amide bonds. The molecule has 0 unspecified atom stereocenters. The van der Waals surface area contributed by atoms with Crippen LogP contribution in [0, 0.1) is 13.8 Å². The van der Waals surface area contributed by atoms with Gasteiger partial charge in [0.1, 0.15) is 0 Å². The van der Waals surface area contributed by atoms with Crippen LogP contribution in [0.25, 0.3) is 0 Å². The van der Waals surface area contributed by atoms with Crippen LogP contribution in [0.3, 0.4) is 0 Å². The van der Waals surface area contributed by atoms with Crippen molar-refractivity contribution in [2.45, 2.75) is 20.3 Å². The fourth-order valence-corrected chi connectivity index (χ4v) is 1.84. The van der Waals surface area contributed by atoms with Crippen molar-refractivity contribution < 1.29 is 0 Å². The van der Waals surface area contributed by atoms with Crippen LogP contribution in [0.1, 0.15) is 22.4 Å². The molecule has 1 aromatic carbocycles. The van der Waals surface area contributed by atoms with Crippen molar-refractivity contribution in [3.05, 3.63) is 57.0 Å². The van der Waals surface area contributed by atoms with Gasteiger partial charge in [-0.3, -0.25) is 9.78 Å². The second-order valence-electron chi connectivity index (χ2n) is 4.12. The highest BCUT2D eigenvalue weighted by atomic mass is 16.1. The molecule has 2 rings (SSSR count). The van der Waals surface area contributed by atoms with Gasteiger partial charge in [-0.05, 0) is 25.0 Å². The Bertz CT molecular complexity index is 602. The molecular weight excluding hydrogens is 214 g/mol. The quantitative estimate of drug-likeness (QED) is 0.820. The molecule has 0 aliphatic carbocycles. The van der Waals surface area contributed by atoms with Gasteiger partial charge < -0.3 is 5.73 Å². The third-order valence-electron chi connectivity index (χ3n) is 2.87. The molecule has 0 aliphatic heterocycles. The zero-order chi connectivity index (χ0) is 12.4. The van der Waals surface area contributed by atoms with E-state index in [0.717, 1.165) is 5.56 Å². The van der Waals surface area contributed by atoms with Crippen LogP contribution < -0.4 is 11.3 Å². The highest BCUT2D eigenvalue weighted by molar-refractivity contribution is 5.34. The largest absolute Gasteiger partial charge is 0.369 e. The number of nitrogens with one attached hydrogen (secondary N) is 1. The van der Waals surface area contributed by atoms with Gasteiger partial charge >= 0.3 is 0 Å². The van der Waals surface area contributed by atoms with E-state index in [1.807, 2.05) is 31.2 Å². The third kappa shape index (κ3) is 2.36. The number of nitrogen functional groups attached to an aromatic ring is 1. The molecule has 4 heteroatoms. The van der Waals surface area contributed by atoms with Crippen LogP contribution >= 0.6 is 0 Å². The number of aromatic amines is 1. The maximum Gasteiger partial charge on any atom is 0.256 e. The number of aryl methyl sites for hydroxylation is 2. The van der Waals surface area contributed by atoms with Crippen LogP contribution in [0.5, 0.6) is 0 Å². The minimum absolute atomic E-state index is 0.154. The van der Waals surface area contributed by atoms with Crippen LogP contribution in [0.15, 0.2) is 29.1 Å². The summed E-state index contributed by atoms with van der Waals surface area (Å²) in [5.41, 5.74) is 9.00. The first kappa shape index (κ1) is 11.4. The Balaban J connectivity index is 2.44. The number of H-pyrrole nitrogens is 1. The molecule has 0 saturated carbocycles. The van der Waals surface area contributed by atoms with Crippen molar-refractivity contribution in [1.29, 1.82) is 0 Å². The number of nitrogens with two attached hydrogens (primary N) is 1. The molecule has 4 nitrogen and oxygen atoms in total. The van der Waals surface area contributed by atoms with E-state index in [9.17, 15) is 4.79 Å². The van der Waals surface area contributed by atoms with Gasteiger partial charge in [0.25, 0.3) is 5.56 Å². The lowest BCUT2D eigenvalue weighted by Crippen LogP contribution is -2.19. The van der Waals surface area contributed by atoms with Crippen molar-refractivity contribution in [2.75, 3.05) is 5.73 Å². The maximum atomic E-state index is 11.8. The Morgan fingerprint density at radius 3 is 2.65 bits per heavy atom. The maximum absolute atomic E-state index is 11.8. The Labute approximate surface area is 99.5 Å². The van der Waals surface area contributed by atoms with Crippen LogP contribution in [-0.2, 0) is 6.42 Å². The first-order valence-electron chi connectivity index (χ1n) is 5.47. The molecule has 0 saturated heterocycles. The summed E-state index contributed by atoms with van der Waals surface area (Å²) in [4.78, 5) is 18.4. The lowest BCUT2D eigenvalue weighted by Gasteiger charge is -2.07. The van der Waals surface area contributed by atoms with E-state index >= 15 is 0 Å². The van der Waals surface area contributed by atoms with E-state index in [1.54, 1.807) is 6.92 Å². The van der Waals surface area contributed by atoms with Gasteiger partial charge in [0.2, 0.25) is 5.95 Å². The van der Waals surface area contributed by atoms with Gasteiger partial charge in [-0.15, -0.1) is 0 Å². The topological polar surface area (TPSA) is 71.8 Å². The van der Waals surface area contributed by atoms with Crippen molar-refractivity contribution in [3.8, 4) is 0 Å². The molecule has 88 valence electrons. The summed E-state index contributed by atoms with van der Waals surface area (Å²) < 4.78 is 0. The second kappa shape index (κ2) is 4.41. The van der Waals surface area contributed by atoms with Gasteiger partial charge in [0.15, 0.2) is 0 Å². The van der Waals surface area contributed by atoms with E-state index in [1.165, 1.54) is 5.56 Å². The molecule has 1 heterocycles. The first-order valence-corrected chi connectivity index (χ1v) is 5.47. The zero-order valence-corrected chi connectivity index (χ0v) is 9.95. The molecule has 17 heavy (non-hydrogen) atoms. The molecule has 2 aromatic rings. The van der Waals surface area contributed by atoms with Crippen molar-refractivity contribution in [3.63, 3.8) is 0 Å². The number of rotatable bonds is 2. The number of anilines is 1. The van der Waals surface area contributed by atoms with E-state index < -0.39 is 0 Å². The molecule has 0 atom stereocenters. The van der Waals surface area contributed by atoms with Gasteiger partial charge in [0.05, 0.1) is 5.69 Å². The van der Waals surface area contributed by atoms with Crippen molar-refractivity contribution >= 4 is 5.95 Å². The molecule has 1 aromatic heterocycles. The number of hydrogen-bond donors (Lipinski definition) is 2. The lowest BCUT2D eigenvalue weighted by molar-refractivity contribution is 0.986. The smallest absolute Gasteiger partial charge is 0.256 e. The summed E-state index contributed by atoms with van der Waals surface area (Å²) in [6, 6.07) is 8.00. The molecular formula is C13H15N3O. The fraction of sp³-hybridized carbons (Fsp3) is 0.231. The lowest BCUT2D eigenvalue weighted by atomic mass is 10.0. The normalized spacial score (nSPS) is 10.5. The van der Waals surface area contributed by atoms with Gasteiger partial charge in [-0.2, -0.15) is 0 Å². The molecule has 0 bridgehead atoms. The average molecular weight is 229 g/mol. The predicted molar refractivity (Wildman–Crippen MR) is 68.0 cm³/mol. The second-order valence-corrected chi connectivity index (χ2v) is 4.12. The summed E-state index contributed by atoms with van der Waals surface area (Å²) in [6.07, 6.45) is 0.584. The summed E-state index contributed by atoms with van der Waals surface area (Å²) in [5, 5.41) is 0. The van der Waals surface area contributed by atoms with Gasteiger partial charge in [-0.25, -0.2) is 4.98 Å². The van der Waals surface area contributed by atoms with Crippen LogP contribution in [0.4, 0.5) is 5.95 Å². The summed E-state index contributed by atoms with van der Waals surface area (Å²) in [6.45, 7) is 3.84. The van der Waals surface area contributed by atoms with E-state index in [4.69, 9.17) is 5.73 Å². The zero-order valence-electron chi connectivity index (χ0n) is 9.95. The number of aromatic nitrogens is 2. The van der Waals surface area contributed by atoms with Gasteiger partial charge in [0, 0.05) is 12.0 Å². The number of nitrogens with zero attached hydrogens (tertiary/aromatic N) is 1. The van der Waals surface area contributed by atoms with Gasteiger partial charge in [-0.1, -0.05) is 24.3 Å². The monoisotopic (exact) mass is 229 g/mol. The van der Waals surface area contributed by atoms with Crippen molar-refractivity contribution in [1.82, 2.24) is 9.97 Å². The molecule has 3 N–H and O–H groups in total. The highest BCUT2D eigenvalue weighted by Crippen LogP contribution is 2.12. The Hall–Kier alpha value is -2.10. The minimum atomic E-state index is -0.154. The summed E-state index contributed by atoms with van der Waals surface area (Å²) >= 11 is 0. The molecule has 0 spiro atoms. The van der Waals surface area contributed by atoms with E-state index in [2.05, 4.69) is 9.97 Å². The highest BCUT2D eigenvalue weighted by Gasteiger charge is 2.08. The third-order valence-corrected chi connectivity index (χ3v) is 2.87. The Morgan fingerprint density at radius 2 is 2.00 bits per heavy atom. The number of benzene rings is 1. The molecule has 0 aliphatic rings. The predicted octanol–water partition coefficient (Wildman–Crippen LogP) is 1.56. The Morgan fingerprint density at radius 1 is 1.29 bits per heavy atom. The number of hydrogen-bond acceptors (Lipinski definition) is 3.